The van der Waals surface area contributed by atoms with E-state index in [1.54, 1.807) is 5.57 Å². The summed E-state index contributed by atoms with van der Waals surface area (Å²) in [4.78, 5) is 2.71. The number of nitrogens with zero attached hydrogens (tertiary/aromatic N) is 1. The molecule has 2 aliphatic rings. The predicted molar refractivity (Wildman–Crippen MR) is 157 cm³/mol. The van der Waals surface area contributed by atoms with Gasteiger partial charge in [-0.2, -0.15) is 0 Å². The Kier molecular flexibility index (Phi) is 12.1. The van der Waals surface area contributed by atoms with Crippen LogP contribution in [0.1, 0.15) is 113 Å². The third-order valence-corrected chi connectivity index (χ3v) is 7.79. The number of halogens is 1. The lowest BCUT2D eigenvalue weighted by atomic mass is 9.86. The SMILES string of the molecule is CCCCCCCCCCCCCN1CCC(=C2c3ccccc3C=Cc3ccccc32)CC1.Cl. The van der Waals surface area contributed by atoms with E-state index in [1.807, 2.05) is 0 Å². The Morgan fingerprint density at radius 1 is 0.600 bits per heavy atom. The zero-order valence-corrected chi connectivity index (χ0v) is 22.8. The molecule has 1 aliphatic carbocycles. The molecule has 0 amide bonds. The molecule has 0 saturated carbocycles. The van der Waals surface area contributed by atoms with E-state index in [0.29, 0.717) is 0 Å². The molecule has 0 bridgehead atoms. The van der Waals surface area contributed by atoms with Gasteiger partial charge in [-0.1, -0.05) is 137 Å². The second-order valence-corrected chi connectivity index (χ2v) is 10.4. The van der Waals surface area contributed by atoms with Gasteiger partial charge < -0.3 is 4.90 Å². The summed E-state index contributed by atoms with van der Waals surface area (Å²) in [5, 5.41) is 0. The van der Waals surface area contributed by atoms with E-state index in [0.717, 1.165) is 0 Å². The van der Waals surface area contributed by atoms with Crippen molar-refractivity contribution in [1.29, 1.82) is 0 Å². The third-order valence-electron chi connectivity index (χ3n) is 7.79. The van der Waals surface area contributed by atoms with Crippen LogP contribution in [0.2, 0.25) is 0 Å². The van der Waals surface area contributed by atoms with Crippen molar-refractivity contribution in [3.05, 3.63) is 76.4 Å². The van der Waals surface area contributed by atoms with Crippen molar-refractivity contribution in [3.63, 3.8) is 0 Å². The van der Waals surface area contributed by atoms with Gasteiger partial charge in [0.25, 0.3) is 0 Å². The lowest BCUT2D eigenvalue weighted by Gasteiger charge is -2.30. The van der Waals surface area contributed by atoms with Crippen molar-refractivity contribution < 1.29 is 0 Å². The maximum atomic E-state index is 2.71. The first-order chi connectivity index (χ1) is 16.9. The van der Waals surface area contributed by atoms with Gasteiger partial charge in [-0.25, -0.2) is 0 Å². The normalized spacial score (nSPS) is 15.3. The van der Waals surface area contributed by atoms with Crippen LogP contribution in [0.5, 0.6) is 0 Å². The summed E-state index contributed by atoms with van der Waals surface area (Å²) in [7, 11) is 0. The second-order valence-electron chi connectivity index (χ2n) is 10.4. The third kappa shape index (κ3) is 8.09. The summed E-state index contributed by atoms with van der Waals surface area (Å²) in [5.74, 6) is 0. The van der Waals surface area contributed by atoms with Crippen molar-refractivity contribution in [2.75, 3.05) is 19.6 Å². The van der Waals surface area contributed by atoms with Gasteiger partial charge in [-0.05, 0) is 53.6 Å². The molecule has 1 aliphatic heterocycles. The highest BCUT2D eigenvalue weighted by Crippen LogP contribution is 2.38. The Hall–Kier alpha value is -1.83. The van der Waals surface area contributed by atoms with Crippen molar-refractivity contribution >= 4 is 30.1 Å². The molecule has 4 rings (SSSR count). The first-order valence-electron chi connectivity index (χ1n) is 14.2. The molecule has 1 saturated heterocycles. The number of benzene rings is 2. The maximum Gasteiger partial charge on any atom is 0.00190 e. The number of piperidine rings is 1. The van der Waals surface area contributed by atoms with Crippen molar-refractivity contribution in [3.8, 4) is 0 Å². The highest BCUT2D eigenvalue weighted by Gasteiger charge is 2.22. The Morgan fingerprint density at radius 3 is 1.57 bits per heavy atom. The minimum Gasteiger partial charge on any atom is -0.303 e. The molecule has 0 N–H and O–H groups in total. The lowest BCUT2D eigenvalue weighted by molar-refractivity contribution is 0.251. The zero-order valence-electron chi connectivity index (χ0n) is 21.9. The number of unbranched alkanes of at least 4 members (excludes halogenated alkanes) is 10. The molecule has 0 spiro atoms. The van der Waals surface area contributed by atoms with Gasteiger partial charge in [0, 0.05) is 13.1 Å². The maximum absolute atomic E-state index is 2.71. The van der Waals surface area contributed by atoms with E-state index in [4.69, 9.17) is 0 Å². The molecular weight excluding hydrogens is 446 g/mol. The van der Waals surface area contributed by atoms with Crippen LogP contribution in [0.3, 0.4) is 0 Å². The number of rotatable bonds is 12. The summed E-state index contributed by atoms with van der Waals surface area (Å²) in [6.45, 7) is 6.02. The monoisotopic (exact) mass is 491 g/mol. The van der Waals surface area contributed by atoms with Crippen LogP contribution in [0, 0.1) is 0 Å². The molecule has 35 heavy (non-hydrogen) atoms. The van der Waals surface area contributed by atoms with Gasteiger partial charge in [0.1, 0.15) is 0 Å². The Morgan fingerprint density at radius 2 is 1.06 bits per heavy atom. The van der Waals surface area contributed by atoms with Gasteiger partial charge in [0.15, 0.2) is 0 Å². The van der Waals surface area contributed by atoms with E-state index in [1.165, 1.54) is 131 Å². The van der Waals surface area contributed by atoms with Gasteiger partial charge >= 0.3 is 0 Å². The summed E-state index contributed by atoms with van der Waals surface area (Å²) in [6.07, 6.45) is 22.7. The molecule has 1 nitrogen and oxygen atoms in total. The summed E-state index contributed by atoms with van der Waals surface area (Å²) < 4.78 is 0. The van der Waals surface area contributed by atoms with E-state index in [9.17, 15) is 0 Å². The highest BCUT2D eigenvalue weighted by molar-refractivity contribution is 5.94. The molecule has 0 radical (unpaired) electrons. The van der Waals surface area contributed by atoms with Gasteiger partial charge in [-0.15, -0.1) is 12.4 Å². The quantitative estimate of drug-likeness (QED) is 0.228. The fourth-order valence-corrected chi connectivity index (χ4v) is 5.74. The average Bonchev–Trinajstić information content (AvgIpc) is 3.05. The standard InChI is InChI=1S/C33H45N.ClH/c1-2-3-4-5-6-7-8-9-10-11-16-25-34-26-23-30(24-27-34)33-31-19-14-12-17-28(31)21-22-29-18-13-15-20-32(29)33;/h12-15,17-22H,2-11,16,23-27H2,1H3;1H. The molecule has 2 aromatic carbocycles. The highest BCUT2D eigenvalue weighted by atomic mass is 35.5. The smallest absolute Gasteiger partial charge is 0.00190 e. The number of hydrogen-bond donors (Lipinski definition) is 0. The van der Waals surface area contributed by atoms with E-state index in [2.05, 4.69) is 72.5 Å². The second kappa shape index (κ2) is 15.3. The molecule has 2 aromatic rings. The van der Waals surface area contributed by atoms with Crippen LogP contribution in [0.25, 0.3) is 17.7 Å². The minimum absolute atomic E-state index is 0. The largest absolute Gasteiger partial charge is 0.303 e. The molecule has 0 atom stereocenters. The Balaban J connectivity index is 0.00000342. The predicted octanol–water partition coefficient (Wildman–Crippen LogP) is 9.80. The molecular formula is C33H46ClN. The minimum atomic E-state index is 0. The molecule has 0 unspecified atom stereocenters. The Labute approximate surface area is 221 Å². The summed E-state index contributed by atoms with van der Waals surface area (Å²) >= 11 is 0. The van der Waals surface area contributed by atoms with Crippen molar-refractivity contribution in [2.45, 2.75) is 90.4 Å². The number of hydrogen-bond acceptors (Lipinski definition) is 1. The van der Waals surface area contributed by atoms with Gasteiger partial charge in [-0.3, -0.25) is 0 Å². The van der Waals surface area contributed by atoms with Crippen LogP contribution in [-0.4, -0.2) is 24.5 Å². The Bertz CT molecular complexity index is 896. The number of fused-ring (bicyclic) bond motifs is 2. The molecule has 190 valence electrons. The van der Waals surface area contributed by atoms with Crippen LogP contribution >= 0.6 is 12.4 Å². The fourth-order valence-electron chi connectivity index (χ4n) is 5.74. The van der Waals surface area contributed by atoms with Crippen molar-refractivity contribution in [1.82, 2.24) is 4.90 Å². The molecule has 2 heteroatoms. The van der Waals surface area contributed by atoms with E-state index >= 15 is 0 Å². The molecule has 1 heterocycles. The first kappa shape index (κ1) is 27.8. The lowest BCUT2D eigenvalue weighted by Crippen LogP contribution is -2.32. The van der Waals surface area contributed by atoms with E-state index in [-0.39, 0.29) is 12.4 Å². The van der Waals surface area contributed by atoms with Crippen LogP contribution in [0.4, 0.5) is 0 Å². The topological polar surface area (TPSA) is 3.24 Å². The van der Waals surface area contributed by atoms with Crippen LogP contribution < -0.4 is 0 Å². The van der Waals surface area contributed by atoms with Crippen LogP contribution in [-0.2, 0) is 0 Å². The van der Waals surface area contributed by atoms with Crippen LogP contribution in [0.15, 0.2) is 54.1 Å². The summed E-state index contributed by atoms with van der Waals surface area (Å²) in [6, 6.07) is 17.9. The number of likely N-dealkylation sites (tertiary alicyclic amines) is 1. The summed E-state index contributed by atoms with van der Waals surface area (Å²) in [5.41, 5.74) is 8.69. The molecule has 1 fully saturated rings. The first-order valence-corrected chi connectivity index (χ1v) is 14.2. The fraction of sp³-hybridized carbons (Fsp3) is 0.515. The van der Waals surface area contributed by atoms with Crippen molar-refractivity contribution in [2.24, 2.45) is 0 Å². The van der Waals surface area contributed by atoms with Gasteiger partial charge in [0.2, 0.25) is 0 Å². The molecule has 0 aromatic heterocycles. The van der Waals surface area contributed by atoms with Gasteiger partial charge in [0.05, 0.1) is 0 Å². The van der Waals surface area contributed by atoms with E-state index < -0.39 is 0 Å². The average molecular weight is 492 g/mol. The zero-order chi connectivity index (χ0) is 23.4.